The van der Waals surface area contributed by atoms with E-state index in [-0.39, 0.29) is 16.9 Å². The van der Waals surface area contributed by atoms with Crippen LogP contribution in [0.2, 0.25) is 0 Å². The van der Waals surface area contributed by atoms with Gasteiger partial charge in [0.15, 0.2) is 9.84 Å². The van der Waals surface area contributed by atoms with Crippen LogP contribution in [0.15, 0.2) is 66.7 Å². The van der Waals surface area contributed by atoms with E-state index in [9.17, 15) is 31.5 Å². The molecular weight excluding hydrogens is 457 g/mol. The summed E-state index contributed by atoms with van der Waals surface area (Å²) in [5, 5.41) is 9.35. The molecular formula is C24H21F3O5S. The second-order valence-electron chi connectivity index (χ2n) is 7.41. The van der Waals surface area contributed by atoms with Crippen LogP contribution in [-0.4, -0.2) is 26.6 Å². The number of ether oxygens (including phenoxy) is 1. The van der Waals surface area contributed by atoms with E-state index in [1.165, 1.54) is 7.11 Å². The van der Waals surface area contributed by atoms with Gasteiger partial charge in [-0.3, -0.25) is 4.79 Å². The van der Waals surface area contributed by atoms with Gasteiger partial charge in [0, 0.05) is 5.56 Å². The van der Waals surface area contributed by atoms with Crippen molar-refractivity contribution < 1.29 is 36.2 Å². The minimum atomic E-state index is -4.91. The fourth-order valence-electron chi connectivity index (χ4n) is 3.70. The molecule has 0 bridgehead atoms. The van der Waals surface area contributed by atoms with Crippen molar-refractivity contribution in [3.05, 3.63) is 89.0 Å². The summed E-state index contributed by atoms with van der Waals surface area (Å²) in [6.07, 6.45) is -5.90. The third-order valence-electron chi connectivity index (χ3n) is 5.02. The zero-order chi connectivity index (χ0) is 24.2. The van der Waals surface area contributed by atoms with Gasteiger partial charge in [-0.2, -0.15) is 13.2 Å². The fourth-order valence-corrected chi connectivity index (χ4v) is 5.26. The Morgan fingerprint density at radius 2 is 1.52 bits per heavy atom. The Labute approximate surface area is 189 Å². The van der Waals surface area contributed by atoms with Crippen LogP contribution < -0.4 is 4.74 Å². The maximum atomic E-state index is 13.9. The van der Waals surface area contributed by atoms with Crippen LogP contribution >= 0.6 is 0 Å². The fraction of sp³-hybridized carbons (Fsp3) is 0.208. The number of aliphatic carboxylic acids is 1. The van der Waals surface area contributed by atoms with Gasteiger partial charge in [-0.25, -0.2) is 8.42 Å². The molecule has 0 fully saturated rings. The number of carboxylic acid groups (broad SMARTS) is 1. The number of benzene rings is 3. The smallest absolute Gasteiger partial charge is 0.416 e. The van der Waals surface area contributed by atoms with E-state index in [4.69, 9.17) is 4.74 Å². The Bertz CT molecular complexity index is 1240. The number of methoxy groups -OCH3 is 1. The molecule has 0 atom stereocenters. The molecule has 0 saturated heterocycles. The van der Waals surface area contributed by atoms with Gasteiger partial charge < -0.3 is 9.84 Å². The molecule has 3 aromatic carbocycles. The largest absolute Gasteiger partial charge is 0.496 e. The lowest BCUT2D eigenvalue weighted by Crippen LogP contribution is -2.19. The Kier molecular flexibility index (Phi) is 7.12. The maximum absolute atomic E-state index is 13.9. The summed E-state index contributed by atoms with van der Waals surface area (Å²) < 4.78 is 73.1. The van der Waals surface area contributed by atoms with E-state index in [1.54, 1.807) is 60.7 Å². The zero-order valence-electron chi connectivity index (χ0n) is 17.6. The van der Waals surface area contributed by atoms with Crippen molar-refractivity contribution in [2.75, 3.05) is 7.11 Å². The Morgan fingerprint density at radius 1 is 0.939 bits per heavy atom. The highest BCUT2D eigenvalue weighted by atomic mass is 32.2. The number of hydrogen-bond donors (Lipinski definition) is 1. The Morgan fingerprint density at radius 3 is 2.03 bits per heavy atom. The molecule has 33 heavy (non-hydrogen) atoms. The lowest BCUT2D eigenvalue weighted by Gasteiger charge is -2.23. The first kappa shape index (κ1) is 24.3. The van der Waals surface area contributed by atoms with Crippen LogP contribution in [0.25, 0.3) is 11.1 Å². The van der Waals surface area contributed by atoms with Crippen LogP contribution in [0.5, 0.6) is 5.75 Å². The standard InChI is InChI=1S/C24H21F3O5S/c1-32-21-13-20(24(25,26)27)18(12-22(28)29)19(23(21)17-10-6-3-7-11-17)15-33(30,31)14-16-8-4-2-5-9-16/h2-11,13H,12,14-15H2,1H3,(H,28,29). The van der Waals surface area contributed by atoms with E-state index >= 15 is 0 Å². The zero-order valence-corrected chi connectivity index (χ0v) is 18.4. The highest BCUT2D eigenvalue weighted by Gasteiger charge is 2.38. The van der Waals surface area contributed by atoms with Crippen LogP contribution in [0.1, 0.15) is 22.3 Å². The topological polar surface area (TPSA) is 80.7 Å². The normalized spacial score (nSPS) is 11.9. The maximum Gasteiger partial charge on any atom is 0.416 e. The summed E-state index contributed by atoms with van der Waals surface area (Å²) in [6, 6.07) is 17.1. The summed E-state index contributed by atoms with van der Waals surface area (Å²) in [7, 11) is -2.80. The van der Waals surface area contributed by atoms with Crippen molar-refractivity contribution in [1.29, 1.82) is 0 Å². The Balaban J connectivity index is 2.30. The van der Waals surface area contributed by atoms with Crippen LogP contribution in [0.3, 0.4) is 0 Å². The van der Waals surface area contributed by atoms with Crippen LogP contribution in [0.4, 0.5) is 13.2 Å². The van der Waals surface area contributed by atoms with Crippen molar-refractivity contribution >= 4 is 15.8 Å². The molecule has 0 unspecified atom stereocenters. The number of alkyl halides is 3. The highest BCUT2D eigenvalue weighted by Crippen LogP contribution is 2.44. The molecule has 1 N–H and O–H groups in total. The summed E-state index contributed by atoms with van der Waals surface area (Å²) in [4.78, 5) is 11.5. The third kappa shape index (κ3) is 5.92. The average Bonchev–Trinajstić information content (AvgIpc) is 2.74. The molecule has 0 aliphatic heterocycles. The molecule has 9 heteroatoms. The molecule has 0 aromatic heterocycles. The van der Waals surface area contributed by atoms with Gasteiger partial charge >= 0.3 is 12.1 Å². The van der Waals surface area contributed by atoms with Crippen molar-refractivity contribution in [2.45, 2.75) is 24.1 Å². The molecule has 3 aromatic rings. The molecule has 0 radical (unpaired) electrons. The molecule has 0 saturated carbocycles. The van der Waals surface area contributed by atoms with Crippen LogP contribution in [0, 0.1) is 0 Å². The number of carboxylic acids is 1. The third-order valence-corrected chi connectivity index (χ3v) is 6.52. The first-order valence-corrected chi connectivity index (χ1v) is 11.7. The number of carbonyl (C=O) groups is 1. The van der Waals surface area contributed by atoms with Gasteiger partial charge in [0.05, 0.1) is 30.6 Å². The monoisotopic (exact) mass is 478 g/mol. The molecule has 174 valence electrons. The number of hydrogen-bond acceptors (Lipinski definition) is 4. The minimum absolute atomic E-state index is 0.124. The number of halogens is 3. The number of sulfone groups is 1. The average molecular weight is 478 g/mol. The van der Waals surface area contributed by atoms with E-state index < -0.39 is 51.0 Å². The lowest BCUT2D eigenvalue weighted by molar-refractivity contribution is -0.139. The SMILES string of the molecule is COc1cc(C(F)(F)F)c(CC(=O)O)c(CS(=O)(=O)Cc2ccccc2)c1-c1ccccc1. The van der Waals surface area contributed by atoms with Crippen LogP contribution in [-0.2, 0) is 38.7 Å². The van der Waals surface area contributed by atoms with Gasteiger partial charge in [0.1, 0.15) is 5.75 Å². The molecule has 3 rings (SSSR count). The molecule has 0 aliphatic rings. The van der Waals surface area contributed by atoms with Crippen molar-refractivity contribution in [1.82, 2.24) is 0 Å². The predicted molar refractivity (Wildman–Crippen MR) is 118 cm³/mol. The van der Waals surface area contributed by atoms with Crippen molar-refractivity contribution in [2.24, 2.45) is 0 Å². The van der Waals surface area contributed by atoms with Crippen molar-refractivity contribution in [3.8, 4) is 16.9 Å². The van der Waals surface area contributed by atoms with Gasteiger partial charge in [0.25, 0.3) is 0 Å². The first-order chi connectivity index (χ1) is 15.5. The second kappa shape index (κ2) is 9.66. The lowest BCUT2D eigenvalue weighted by atomic mass is 9.89. The summed E-state index contributed by atoms with van der Waals surface area (Å²) in [5.74, 6) is -2.89. The summed E-state index contributed by atoms with van der Waals surface area (Å²) in [5.41, 5.74) is -1.04. The second-order valence-corrected chi connectivity index (χ2v) is 9.48. The first-order valence-electron chi connectivity index (χ1n) is 9.83. The summed E-state index contributed by atoms with van der Waals surface area (Å²) >= 11 is 0. The highest BCUT2D eigenvalue weighted by molar-refractivity contribution is 7.89. The predicted octanol–water partition coefficient (Wildman–Crippen LogP) is 5.12. The number of rotatable bonds is 8. The Hall–Kier alpha value is -3.33. The molecule has 0 spiro atoms. The van der Waals surface area contributed by atoms with Crippen molar-refractivity contribution in [3.63, 3.8) is 0 Å². The molecule has 0 aliphatic carbocycles. The van der Waals surface area contributed by atoms with Gasteiger partial charge in [-0.1, -0.05) is 60.7 Å². The van der Waals surface area contributed by atoms with E-state index in [2.05, 4.69) is 0 Å². The minimum Gasteiger partial charge on any atom is -0.496 e. The van der Waals surface area contributed by atoms with Gasteiger partial charge in [-0.15, -0.1) is 0 Å². The molecule has 5 nitrogen and oxygen atoms in total. The van der Waals surface area contributed by atoms with E-state index in [1.807, 2.05) is 0 Å². The summed E-state index contributed by atoms with van der Waals surface area (Å²) in [6.45, 7) is 0. The van der Waals surface area contributed by atoms with Gasteiger partial charge in [0.2, 0.25) is 0 Å². The quantitative estimate of drug-likeness (QED) is 0.486. The van der Waals surface area contributed by atoms with Gasteiger partial charge in [-0.05, 0) is 28.3 Å². The molecule has 0 heterocycles. The van der Waals surface area contributed by atoms with E-state index in [0.29, 0.717) is 11.1 Å². The molecule has 0 amide bonds. The van der Waals surface area contributed by atoms with E-state index in [0.717, 1.165) is 6.07 Å².